The number of halogens is 2. The van der Waals surface area contributed by atoms with Crippen molar-refractivity contribution >= 4 is 11.6 Å². The molecule has 0 N–H and O–H groups in total. The molecule has 0 aliphatic heterocycles. The number of nitrogens with zero attached hydrogens (tertiary/aromatic N) is 2. The maximum absolute atomic E-state index is 14.0. The molecule has 0 fully saturated rings. The van der Waals surface area contributed by atoms with Gasteiger partial charge in [0.05, 0.1) is 10.7 Å². The Balaban J connectivity index is 2.59. The minimum atomic E-state index is -0.615. The second-order valence-corrected chi connectivity index (χ2v) is 4.62. The third-order valence-electron chi connectivity index (χ3n) is 2.91. The highest BCUT2D eigenvalue weighted by Gasteiger charge is 2.14. The first-order valence-electron chi connectivity index (χ1n) is 5.76. The predicted molar refractivity (Wildman–Crippen MR) is 75.0 cm³/mol. The van der Waals surface area contributed by atoms with E-state index >= 15 is 0 Å². The van der Waals surface area contributed by atoms with Crippen molar-refractivity contribution in [2.75, 3.05) is 6.61 Å². The van der Waals surface area contributed by atoms with Crippen LogP contribution in [-0.4, -0.2) is 15.7 Å². The summed E-state index contributed by atoms with van der Waals surface area (Å²) in [5.74, 6) is 1.91. The van der Waals surface area contributed by atoms with Gasteiger partial charge in [-0.25, -0.2) is 9.18 Å². The number of ether oxygens (including phenoxy) is 1. The van der Waals surface area contributed by atoms with Crippen LogP contribution in [0.5, 0.6) is 5.75 Å². The first kappa shape index (κ1) is 14.2. The Bertz CT molecular complexity index is 756. The Labute approximate surface area is 120 Å². The van der Waals surface area contributed by atoms with Gasteiger partial charge in [-0.05, 0) is 13.0 Å². The van der Waals surface area contributed by atoms with E-state index in [2.05, 4.69) is 5.92 Å². The maximum atomic E-state index is 14.0. The summed E-state index contributed by atoms with van der Waals surface area (Å²) in [7, 11) is 1.61. The van der Waals surface area contributed by atoms with Gasteiger partial charge in [0.2, 0.25) is 0 Å². The van der Waals surface area contributed by atoms with Crippen LogP contribution in [0.4, 0.5) is 4.39 Å². The Kier molecular flexibility index (Phi) is 3.86. The Hall–Kier alpha value is -2.19. The van der Waals surface area contributed by atoms with Crippen LogP contribution in [0.25, 0.3) is 5.69 Å². The molecule has 0 saturated heterocycles. The summed E-state index contributed by atoms with van der Waals surface area (Å²) in [6.45, 7) is 1.76. The normalized spacial score (nSPS) is 10.3. The van der Waals surface area contributed by atoms with Gasteiger partial charge in [0.15, 0.2) is 0 Å². The molecule has 2 rings (SSSR count). The molecule has 0 spiro atoms. The molecule has 2 aromatic rings. The minimum absolute atomic E-state index is 0.00745. The fourth-order valence-corrected chi connectivity index (χ4v) is 1.95. The highest BCUT2D eigenvalue weighted by Crippen LogP contribution is 2.29. The van der Waals surface area contributed by atoms with E-state index in [0.29, 0.717) is 5.69 Å². The topological polar surface area (TPSA) is 36.2 Å². The third kappa shape index (κ3) is 2.43. The van der Waals surface area contributed by atoms with E-state index in [9.17, 15) is 9.18 Å². The zero-order valence-electron chi connectivity index (χ0n) is 11.0. The number of imidazole rings is 1. The van der Waals surface area contributed by atoms with Crippen molar-refractivity contribution in [3.63, 3.8) is 0 Å². The summed E-state index contributed by atoms with van der Waals surface area (Å²) in [4.78, 5) is 12.0. The van der Waals surface area contributed by atoms with Crippen molar-refractivity contribution in [1.82, 2.24) is 9.13 Å². The monoisotopic (exact) mass is 294 g/mol. The number of aryl methyl sites for hydroxylation is 1. The summed E-state index contributed by atoms with van der Waals surface area (Å²) in [6.07, 6.45) is 6.64. The number of hydrogen-bond acceptors (Lipinski definition) is 2. The Morgan fingerprint density at radius 2 is 2.20 bits per heavy atom. The molecule has 0 aliphatic carbocycles. The third-order valence-corrected chi connectivity index (χ3v) is 3.21. The highest BCUT2D eigenvalue weighted by atomic mass is 35.5. The minimum Gasteiger partial charge on any atom is -0.479 e. The van der Waals surface area contributed by atoms with Crippen LogP contribution >= 0.6 is 11.6 Å². The van der Waals surface area contributed by atoms with E-state index in [1.54, 1.807) is 20.2 Å². The number of rotatable bonds is 3. The fourth-order valence-electron chi connectivity index (χ4n) is 1.75. The lowest BCUT2D eigenvalue weighted by atomic mass is 10.2. The first-order valence-corrected chi connectivity index (χ1v) is 6.14. The number of hydrogen-bond donors (Lipinski definition) is 0. The van der Waals surface area contributed by atoms with Crippen molar-refractivity contribution < 1.29 is 9.13 Å². The summed E-state index contributed by atoms with van der Waals surface area (Å²) in [6, 6.07) is 2.45. The summed E-state index contributed by atoms with van der Waals surface area (Å²) < 4.78 is 21.8. The molecular weight excluding hydrogens is 283 g/mol. The van der Waals surface area contributed by atoms with Gasteiger partial charge in [0.1, 0.15) is 18.2 Å². The van der Waals surface area contributed by atoms with E-state index in [0.717, 1.165) is 6.07 Å². The standard InChI is InChI=1S/C14H12ClFN2O2/c1-4-5-20-13-7-12(11(16)6-10(13)15)18-8-9(2)17(3)14(18)19/h1,6-8H,5H2,2-3H3. The average Bonchev–Trinajstić information content (AvgIpc) is 2.66. The lowest BCUT2D eigenvalue weighted by molar-refractivity contribution is 0.369. The van der Waals surface area contributed by atoms with Crippen molar-refractivity contribution in [2.45, 2.75) is 6.92 Å². The van der Waals surface area contributed by atoms with Crippen LogP contribution in [0.3, 0.4) is 0 Å². The van der Waals surface area contributed by atoms with Crippen LogP contribution in [0.15, 0.2) is 23.1 Å². The number of aromatic nitrogens is 2. The van der Waals surface area contributed by atoms with E-state index in [4.69, 9.17) is 22.8 Å². The van der Waals surface area contributed by atoms with Gasteiger partial charge in [-0.2, -0.15) is 0 Å². The van der Waals surface area contributed by atoms with E-state index < -0.39 is 5.82 Å². The Morgan fingerprint density at radius 1 is 1.50 bits per heavy atom. The SMILES string of the molecule is C#CCOc1cc(-n2cc(C)n(C)c2=O)c(F)cc1Cl. The molecule has 104 valence electrons. The zero-order chi connectivity index (χ0) is 14.9. The van der Waals surface area contributed by atoms with Crippen LogP contribution in [0, 0.1) is 25.1 Å². The lowest BCUT2D eigenvalue weighted by Crippen LogP contribution is -2.21. The van der Waals surface area contributed by atoms with Gasteiger partial charge < -0.3 is 4.74 Å². The van der Waals surface area contributed by atoms with Gasteiger partial charge in [-0.15, -0.1) is 6.42 Å². The van der Waals surface area contributed by atoms with Gasteiger partial charge in [-0.1, -0.05) is 17.5 Å². The molecule has 1 heterocycles. The predicted octanol–water partition coefficient (Wildman–Crippen LogP) is 2.29. The molecule has 0 radical (unpaired) electrons. The summed E-state index contributed by atoms with van der Waals surface area (Å²) in [5, 5.41) is 0.0993. The molecule has 0 atom stereocenters. The largest absolute Gasteiger partial charge is 0.479 e. The molecule has 0 bridgehead atoms. The van der Waals surface area contributed by atoms with Crippen LogP contribution in [0.2, 0.25) is 5.02 Å². The highest BCUT2D eigenvalue weighted by molar-refractivity contribution is 6.32. The second-order valence-electron chi connectivity index (χ2n) is 4.21. The molecule has 1 aromatic carbocycles. The summed E-state index contributed by atoms with van der Waals surface area (Å²) >= 11 is 5.87. The van der Waals surface area contributed by atoms with Crippen LogP contribution in [0.1, 0.15) is 5.69 Å². The average molecular weight is 295 g/mol. The molecule has 1 aromatic heterocycles. The maximum Gasteiger partial charge on any atom is 0.332 e. The van der Waals surface area contributed by atoms with Gasteiger partial charge in [0, 0.05) is 25.0 Å². The van der Waals surface area contributed by atoms with Crippen molar-refractivity contribution in [1.29, 1.82) is 0 Å². The van der Waals surface area contributed by atoms with E-state index in [1.807, 2.05) is 0 Å². The van der Waals surface area contributed by atoms with Gasteiger partial charge in [0.25, 0.3) is 0 Å². The lowest BCUT2D eigenvalue weighted by Gasteiger charge is -2.09. The van der Waals surface area contributed by atoms with E-state index in [1.165, 1.54) is 15.2 Å². The fraction of sp³-hybridized carbons (Fsp3) is 0.214. The van der Waals surface area contributed by atoms with Crippen molar-refractivity contribution in [3.05, 3.63) is 45.3 Å². The molecule has 20 heavy (non-hydrogen) atoms. The molecular formula is C14H12ClFN2O2. The first-order chi connectivity index (χ1) is 9.45. The molecule has 0 saturated carbocycles. The van der Waals surface area contributed by atoms with Crippen molar-refractivity contribution in [2.24, 2.45) is 7.05 Å². The summed E-state index contributed by atoms with van der Waals surface area (Å²) in [5.41, 5.74) is 0.414. The molecule has 0 amide bonds. The van der Waals surface area contributed by atoms with Gasteiger partial charge in [-0.3, -0.25) is 9.13 Å². The van der Waals surface area contributed by atoms with Crippen LogP contribution in [-0.2, 0) is 7.05 Å². The van der Waals surface area contributed by atoms with Crippen molar-refractivity contribution in [3.8, 4) is 23.8 Å². The molecule has 4 nitrogen and oxygen atoms in total. The second kappa shape index (κ2) is 5.43. The molecule has 0 unspecified atom stereocenters. The Morgan fingerprint density at radius 3 is 2.75 bits per heavy atom. The van der Waals surface area contributed by atoms with Gasteiger partial charge >= 0.3 is 5.69 Å². The smallest absolute Gasteiger partial charge is 0.332 e. The quantitative estimate of drug-likeness (QED) is 0.814. The number of terminal acetylenes is 1. The van der Waals surface area contributed by atoms with E-state index in [-0.39, 0.29) is 28.8 Å². The molecule has 6 heteroatoms. The zero-order valence-corrected chi connectivity index (χ0v) is 11.7. The van der Waals surface area contributed by atoms with Crippen LogP contribution < -0.4 is 10.4 Å². The number of benzene rings is 1. The molecule has 0 aliphatic rings.